The molecule has 0 saturated carbocycles. The van der Waals surface area contributed by atoms with E-state index in [0.29, 0.717) is 0 Å². The van der Waals surface area contributed by atoms with Crippen molar-refractivity contribution < 1.29 is 22.6 Å². The number of ether oxygens (including phenoxy) is 2. The number of alkyl halides is 3. The van der Waals surface area contributed by atoms with Crippen LogP contribution in [0.15, 0.2) is 12.1 Å². The van der Waals surface area contributed by atoms with Crippen molar-refractivity contribution in [3.05, 3.63) is 17.2 Å². The quantitative estimate of drug-likeness (QED) is 0.909. The Morgan fingerprint density at radius 1 is 1.18 bits per heavy atom. The molecule has 0 spiro atoms. The van der Waals surface area contributed by atoms with Crippen LogP contribution in [0.25, 0.3) is 0 Å². The molecule has 96 valence electrons. The predicted octanol–water partition coefficient (Wildman–Crippen LogP) is 3.33. The van der Waals surface area contributed by atoms with Crippen molar-refractivity contribution in [2.24, 2.45) is 0 Å². The molecule has 0 aliphatic carbocycles. The Morgan fingerprint density at radius 3 is 2.24 bits per heavy atom. The average molecular weight is 270 g/mol. The third kappa shape index (κ3) is 3.89. The molecule has 0 saturated heterocycles. The van der Waals surface area contributed by atoms with Crippen molar-refractivity contribution in [1.82, 2.24) is 0 Å². The Hall–Kier alpha value is -1.30. The number of nitrogens with one attached hydrogen (secondary N) is 1. The summed E-state index contributed by atoms with van der Waals surface area (Å²) in [4.78, 5) is 0. The minimum atomic E-state index is -4.31. The summed E-state index contributed by atoms with van der Waals surface area (Å²) >= 11 is 5.82. The van der Waals surface area contributed by atoms with Crippen molar-refractivity contribution >= 4 is 17.3 Å². The first-order valence-electron chi connectivity index (χ1n) is 4.59. The van der Waals surface area contributed by atoms with Gasteiger partial charge in [-0.2, -0.15) is 13.2 Å². The van der Waals surface area contributed by atoms with E-state index in [1.54, 1.807) is 0 Å². The van der Waals surface area contributed by atoms with Crippen LogP contribution < -0.4 is 14.8 Å². The Balaban J connectivity index is 2.96. The fourth-order valence-electron chi connectivity index (χ4n) is 1.19. The fraction of sp³-hybridized carbons (Fsp3) is 0.400. The molecule has 17 heavy (non-hydrogen) atoms. The molecule has 0 aliphatic rings. The topological polar surface area (TPSA) is 30.5 Å². The predicted molar refractivity (Wildman–Crippen MR) is 59.1 cm³/mol. The standard InChI is InChI=1S/C10H11ClF3NO2/c1-16-8-4-7(15-5-10(12,13)14)9(17-2)3-6(8)11/h3-4,15H,5H2,1-2H3. The molecule has 0 amide bonds. The van der Waals surface area contributed by atoms with Crippen molar-refractivity contribution in [2.75, 3.05) is 26.1 Å². The van der Waals surface area contributed by atoms with Gasteiger partial charge in [-0.25, -0.2) is 0 Å². The number of methoxy groups -OCH3 is 2. The van der Waals surface area contributed by atoms with Gasteiger partial charge in [0.2, 0.25) is 0 Å². The minimum Gasteiger partial charge on any atom is -0.495 e. The number of halogens is 4. The van der Waals surface area contributed by atoms with E-state index in [-0.39, 0.29) is 22.2 Å². The van der Waals surface area contributed by atoms with Crippen LogP contribution in [-0.4, -0.2) is 26.9 Å². The summed E-state index contributed by atoms with van der Waals surface area (Å²) in [5.41, 5.74) is 0.172. The maximum atomic E-state index is 12.1. The Morgan fingerprint density at radius 2 is 1.76 bits per heavy atom. The Labute approximate surface area is 101 Å². The molecule has 1 N–H and O–H groups in total. The molecule has 0 heterocycles. The van der Waals surface area contributed by atoms with Gasteiger partial charge in [0, 0.05) is 12.1 Å². The van der Waals surface area contributed by atoms with Crippen LogP contribution in [0.5, 0.6) is 11.5 Å². The monoisotopic (exact) mass is 269 g/mol. The van der Waals surface area contributed by atoms with Gasteiger partial charge in [-0.15, -0.1) is 0 Å². The van der Waals surface area contributed by atoms with Gasteiger partial charge < -0.3 is 14.8 Å². The molecule has 1 aromatic carbocycles. The van der Waals surface area contributed by atoms with Gasteiger partial charge in [0.05, 0.1) is 24.9 Å². The third-order valence-electron chi connectivity index (χ3n) is 1.95. The normalized spacial score (nSPS) is 11.2. The molecule has 0 unspecified atom stereocenters. The molecule has 0 radical (unpaired) electrons. The summed E-state index contributed by atoms with van der Waals surface area (Å²) < 4.78 is 46.1. The average Bonchev–Trinajstić information content (AvgIpc) is 2.25. The van der Waals surface area contributed by atoms with E-state index in [2.05, 4.69) is 5.32 Å². The molecule has 1 rings (SSSR count). The zero-order chi connectivity index (χ0) is 13.1. The molecular weight excluding hydrogens is 259 g/mol. The SMILES string of the molecule is COc1cc(NCC(F)(F)F)c(OC)cc1Cl. The van der Waals surface area contributed by atoms with E-state index in [1.807, 2.05) is 0 Å². The van der Waals surface area contributed by atoms with Crippen LogP contribution >= 0.6 is 11.6 Å². The van der Waals surface area contributed by atoms with Crippen molar-refractivity contribution in [2.45, 2.75) is 6.18 Å². The van der Waals surface area contributed by atoms with Crippen molar-refractivity contribution in [3.63, 3.8) is 0 Å². The second kappa shape index (κ2) is 5.35. The molecule has 0 aliphatic heterocycles. The van der Waals surface area contributed by atoms with Gasteiger partial charge in [0.15, 0.2) is 0 Å². The van der Waals surface area contributed by atoms with Gasteiger partial charge in [-0.3, -0.25) is 0 Å². The lowest BCUT2D eigenvalue weighted by Crippen LogP contribution is -2.21. The van der Waals surface area contributed by atoms with Gasteiger partial charge in [-0.1, -0.05) is 11.6 Å². The zero-order valence-electron chi connectivity index (χ0n) is 9.19. The van der Waals surface area contributed by atoms with Crippen LogP contribution in [0.2, 0.25) is 5.02 Å². The first-order valence-corrected chi connectivity index (χ1v) is 4.97. The first kappa shape index (κ1) is 13.8. The van der Waals surface area contributed by atoms with Gasteiger partial charge >= 0.3 is 6.18 Å². The zero-order valence-corrected chi connectivity index (χ0v) is 9.95. The fourth-order valence-corrected chi connectivity index (χ4v) is 1.42. The second-order valence-electron chi connectivity index (χ2n) is 3.16. The van der Waals surface area contributed by atoms with E-state index in [9.17, 15) is 13.2 Å². The lowest BCUT2D eigenvalue weighted by molar-refractivity contribution is -0.115. The summed E-state index contributed by atoms with van der Waals surface area (Å²) in [5.74, 6) is 0.497. The summed E-state index contributed by atoms with van der Waals surface area (Å²) in [6.07, 6.45) is -4.31. The molecule has 0 bridgehead atoms. The van der Waals surface area contributed by atoms with E-state index < -0.39 is 12.7 Å². The molecule has 3 nitrogen and oxygen atoms in total. The lowest BCUT2D eigenvalue weighted by Gasteiger charge is -2.15. The minimum absolute atomic E-state index is 0.172. The summed E-state index contributed by atoms with van der Waals surface area (Å²) in [7, 11) is 2.72. The largest absolute Gasteiger partial charge is 0.495 e. The lowest BCUT2D eigenvalue weighted by atomic mass is 10.2. The van der Waals surface area contributed by atoms with Gasteiger partial charge in [0.1, 0.15) is 18.0 Å². The van der Waals surface area contributed by atoms with Gasteiger partial charge in [-0.05, 0) is 0 Å². The van der Waals surface area contributed by atoms with Crippen LogP contribution in [0.4, 0.5) is 18.9 Å². The molecule has 0 fully saturated rings. The van der Waals surface area contributed by atoms with Crippen molar-refractivity contribution in [3.8, 4) is 11.5 Å². The number of hydrogen-bond acceptors (Lipinski definition) is 3. The molecule has 1 aromatic rings. The number of anilines is 1. The maximum absolute atomic E-state index is 12.1. The molecule has 0 aromatic heterocycles. The molecule has 0 atom stereocenters. The maximum Gasteiger partial charge on any atom is 0.405 e. The highest BCUT2D eigenvalue weighted by Crippen LogP contribution is 2.36. The van der Waals surface area contributed by atoms with E-state index >= 15 is 0 Å². The number of rotatable bonds is 4. The summed E-state index contributed by atoms with van der Waals surface area (Å²) in [6, 6.07) is 2.74. The highest BCUT2D eigenvalue weighted by atomic mass is 35.5. The van der Waals surface area contributed by atoms with E-state index in [1.165, 1.54) is 26.4 Å². The highest BCUT2D eigenvalue weighted by Gasteiger charge is 2.27. The van der Waals surface area contributed by atoms with E-state index in [0.717, 1.165) is 0 Å². The first-order chi connectivity index (χ1) is 7.87. The molecular formula is C10H11ClF3NO2. The summed E-state index contributed by atoms with van der Waals surface area (Å²) in [6.45, 7) is -1.16. The van der Waals surface area contributed by atoms with Crippen LogP contribution in [0.1, 0.15) is 0 Å². The van der Waals surface area contributed by atoms with Gasteiger partial charge in [0.25, 0.3) is 0 Å². The van der Waals surface area contributed by atoms with E-state index in [4.69, 9.17) is 21.1 Å². The van der Waals surface area contributed by atoms with Crippen molar-refractivity contribution in [1.29, 1.82) is 0 Å². The molecule has 7 heteroatoms. The summed E-state index contributed by atoms with van der Waals surface area (Å²) in [5, 5.41) is 2.48. The number of hydrogen-bond donors (Lipinski definition) is 1. The van der Waals surface area contributed by atoms with Crippen LogP contribution in [0.3, 0.4) is 0 Å². The van der Waals surface area contributed by atoms with Crippen LogP contribution in [0, 0.1) is 0 Å². The smallest absolute Gasteiger partial charge is 0.405 e. The Kier molecular flexibility index (Phi) is 4.34. The Bertz CT molecular complexity index is 396. The van der Waals surface area contributed by atoms with Crippen LogP contribution in [-0.2, 0) is 0 Å². The second-order valence-corrected chi connectivity index (χ2v) is 3.56. The third-order valence-corrected chi connectivity index (χ3v) is 2.25. The number of benzene rings is 1. The highest BCUT2D eigenvalue weighted by molar-refractivity contribution is 6.32.